The van der Waals surface area contributed by atoms with Gasteiger partial charge in [-0.25, -0.2) is 0 Å². The van der Waals surface area contributed by atoms with Gasteiger partial charge in [0.25, 0.3) is 0 Å². The Bertz CT molecular complexity index is 277. The first-order valence-corrected chi connectivity index (χ1v) is 3.03. The Labute approximate surface area is 58.3 Å². The van der Waals surface area contributed by atoms with Crippen LogP contribution in [0.25, 0.3) is 0 Å². The predicted octanol–water partition coefficient (Wildman–Crippen LogP) is 0.176. The van der Waals surface area contributed by atoms with Gasteiger partial charge in [0.1, 0.15) is 0 Å². The van der Waals surface area contributed by atoms with E-state index in [-0.39, 0.29) is 12.0 Å². The first-order chi connectivity index (χ1) is 4.74. The van der Waals surface area contributed by atoms with E-state index in [0.29, 0.717) is 11.3 Å². The van der Waals surface area contributed by atoms with Crippen LogP contribution in [0.3, 0.4) is 0 Å². The Morgan fingerprint density at radius 2 is 2.40 bits per heavy atom. The highest BCUT2D eigenvalue weighted by atomic mass is 16.3. The van der Waals surface area contributed by atoms with Gasteiger partial charge in [-0.2, -0.15) is 0 Å². The fraction of sp³-hybridized carbons (Fsp3) is 0.286. The highest BCUT2D eigenvalue weighted by Crippen LogP contribution is 1.90. The fourth-order valence-corrected chi connectivity index (χ4v) is 0.677. The number of pyridine rings is 1. The summed E-state index contributed by atoms with van der Waals surface area (Å²) in [5, 5.41) is 8.58. The van der Waals surface area contributed by atoms with Crippen LogP contribution in [0.5, 0.6) is 0 Å². The summed E-state index contributed by atoms with van der Waals surface area (Å²) in [4.78, 5) is 13.6. The molecule has 2 N–H and O–H groups in total. The molecular weight excluding hydrogens is 130 g/mol. The number of aliphatic hydroxyl groups excluding tert-OH is 1. The molecular formula is C7H9NO2. The number of rotatable bonds is 1. The third-order valence-electron chi connectivity index (χ3n) is 1.34. The molecule has 10 heavy (non-hydrogen) atoms. The summed E-state index contributed by atoms with van der Waals surface area (Å²) >= 11 is 0. The molecule has 0 aliphatic rings. The summed E-state index contributed by atoms with van der Waals surface area (Å²) in [5.41, 5.74) is 1.18. The van der Waals surface area contributed by atoms with Crippen LogP contribution in [0.1, 0.15) is 11.3 Å². The molecule has 1 rings (SSSR count). The van der Waals surface area contributed by atoms with Crippen molar-refractivity contribution >= 4 is 0 Å². The van der Waals surface area contributed by atoms with E-state index in [1.165, 1.54) is 6.07 Å². The van der Waals surface area contributed by atoms with E-state index in [4.69, 9.17) is 5.11 Å². The second-order valence-corrected chi connectivity index (χ2v) is 2.16. The second kappa shape index (κ2) is 2.66. The Morgan fingerprint density at radius 3 is 2.90 bits per heavy atom. The van der Waals surface area contributed by atoms with Crippen LogP contribution in [-0.2, 0) is 6.61 Å². The monoisotopic (exact) mass is 139 g/mol. The summed E-state index contributed by atoms with van der Waals surface area (Å²) < 4.78 is 0. The van der Waals surface area contributed by atoms with Gasteiger partial charge in [0.15, 0.2) is 5.43 Å². The molecule has 0 spiro atoms. The third-order valence-corrected chi connectivity index (χ3v) is 1.34. The van der Waals surface area contributed by atoms with Gasteiger partial charge in [0.05, 0.1) is 6.61 Å². The maximum Gasteiger partial charge on any atom is 0.184 e. The fourth-order valence-electron chi connectivity index (χ4n) is 0.677. The minimum absolute atomic E-state index is 0.0391. The van der Waals surface area contributed by atoms with Crippen molar-refractivity contribution in [2.75, 3.05) is 0 Å². The molecule has 3 nitrogen and oxygen atoms in total. The third kappa shape index (κ3) is 1.25. The van der Waals surface area contributed by atoms with Crippen molar-refractivity contribution in [1.82, 2.24) is 4.98 Å². The smallest absolute Gasteiger partial charge is 0.184 e. The van der Waals surface area contributed by atoms with Crippen molar-refractivity contribution in [3.05, 3.63) is 33.7 Å². The largest absolute Gasteiger partial charge is 0.390 e. The number of hydrogen-bond donors (Lipinski definition) is 2. The van der Waals surface area contributed by atoms with Crippen molar-refractivity contribution in [2.45, 2.75) is 13.5 Å². The molecule has 0 amide bonds. The zero-order chi connectivity index (χ0) is 7.56. The molecule has 0 aliphatic heterocycles. The van der Waals surface area contributed by atoms with Crippen molar-refractivity contribution in [3.8, 4) is 0 Å². The van der Waals surface area contributed by atoms with Crippen molar-refractivity contribution in [1.29, 1.82) is 0 Å². The van der Waals surface area contributed by atoms with Crippen LogP contribution in [0.2, 0.25) is 0 Å². The normalized spacial score (nSPS) is 9.80. The molecule has 0 saturated heterocycles. The molecule has 0 saturated carbocycles. The zero-order valence-corrected chi connectivity index (χ0v) is 5.72. The van der Waals surface area contributed by atoms with Crippen molar-refractivity contribution < 1.29 is 5.11 Å². The summed E-state index contributed by atoms with van der Waals surface area (Å²) in [7, 11) is 0. The number of aryl methyl sites for hydroxylation is 1. The Balaban J connectivity index is 3.17. The number of aromatic amines is 1. The Morgan fingerprint density at radius 1 is 1.70 bits per heavy atom. The lowest BCUT2D eigenvalue weighted by Gasteiger charge is -1.94. The highest BCUT2D eigenvalue weighted by molar-refractivity contribution is 5.11. The average molecular weight is 139 g/mol. The SMILES string of the molecule is Cc1c[nH]c(CO)cc1=O. The Kier molecular flexibility index (Phi) is 1.87. The topological polar surface area (TPSA) is 53.1 Å². The zero-order valence-electron chi connectivity index (χ0n) is 5.72. The van der Waals surface area contributed by atoms with E-state index >= 15 is 0 Å². The van der Waals surface area contributed by atoms with Crippen LogP contribution in [0.4, 0.5) is 0 Å². The molecule has 54 valence electrons. The van der Waals surface area contributed by atoms with Gasteiger partial charge in [-0.15, -0.1) is 0 Å². The number of nitrogens with one attached hydrogen (secondary N) is 1. The Hall–Kier alpha value is -1.09. The van der Waals surface area contributed by atoms with Crippen LogP contribution >= 0.6 is 0 Å². The summed E-state index contributed by atoms with van der Waals surface area (Å²) in [6, 6.07) is 1.40. The molecule has 0 radical (unpaired) electrons. The van der Waals surface area contributed by atoms with Crippen LogP contribution in [0, 0.1) is 6.92 Å². The molecule has 1 aromatic rings. The van der Waals surface area contributed by atoms with Crippen LogP contribution in [-0.4, -0.2) is 10.1 Å². The maximum absolute atomic E-state index is 10.9. The van der Waals surface area contributed by atoms with Gasteiger partial charge in [-0.05, 0) is 6.92 Å². The number of aromatic nitrogens is 1. The second-order valence-electron chi connectivity index (χ2n) is 2.16. The molecule has 0 atom stereocenters. The molecule has 0 aromatic carbocycles. The molecule has 0 fully saturated rings. The van der Waals surface area contributed by atoms with Crippen LogP contribution < -0.4 is 5.43 Å². The first-order valence-electron chi connectivity index (χ1n) is 3.03. The van der Waals surface area contributed by atoms with Gasteiger partial charge in [-0.3, -0.25) is 4.79 Å². The van der Waals surface area contributed by atoms with Crippen molar-refractivity contribution in [2.24, 2.45) is 0 Å². The van der Waals surface area contributed by atoms with Gasteiger partial charge in [0, 0.05) is 23.5 Å². The lowest BCUT2D eigenvalue weighted by atomic mass is 10.3. The van der Waals surface area contributed by atoms with E-state index in [0.717, 1.165) is 0 Å². The molecule has 3 heteroatoms. The van der Waals surface area contributed by atoms with Crippen LogP contribution in [0.15, 0.2) is 17.1 Å². The maximum atomic E-state index is 10.9. The number of aliphatic hydroxyl groups is 1. The van der Waals surface area contributed by atoms with E-state index in [1.807, 2.05) is 0 Å². The minimum atomic E-state index is -0.116. The average Bonchev–Trinajstić information content (AvgIpc) is 1.95. The quantitative estimate of drug-likeness (QED) is 0.583. The van der Waals surface area contributed by atoms with E-state index in [9.17, 15) is 4.79 Å². The lowest BCUT2D eigenvalue weighted by molar-refractivity contribution is 0.276. The van der Waals surface area contributed by atoms with Gasteiger partial charge < -0.3 is 10.1 Å². The van der Waals surface area contributed by atoms with Gasteiger partial charge in [-0.1, -0.05) is 0 Å². The van der Waals surface area contributed by atoms with Crippen molar-refractivity contribution in [3.63, 3.8) is 0 Å². The lowest BCUT2D eigenvalue weighted by Crippen LogP contribution is -2.06. The highest BCUT2D eigenvalue weighted by Gasteiger charge is 1.93. The van der Waals surface area contributed by atoms with Gasteiger partial charge in [0.2, 0.25) is 0 Å². The van der Waals surface area contributed by atoms with Gasteiger partial charge >= 0.3 is 0 Å². The molecule has 1 heterocycles. The van der Waals surface area contributed by atoms with E-state index in [2.05, 4.69) is 4.98 Å². The minimum Gasteiger partial charge on any atom is -0.390 e. The predicted molar refractivity (Wildman–Crippen MR) is 37.7 cm³/mol. The summed E-state index contributed by atoms with van der Waals surface area (Å²) in [5.74, 6) is 0. The molecule has 0 unspecified atom stereocenters. The summed E-state index contributed by atoms with van der Waals surface area (Å²) in [6.07, 6.45) is 1.59. The molecule has 0 bridgehead atoms. The van der Waals surface area contributed by atoms with E-state index < -0.39 is 0 Å². The standard InChI is InChI=1S/C7H9NO2/c1-5-3-8-6(4-9)2-7(5)10/h2-3,9H,4H2,1H3,(H,8,10). The number of hydrogen-bond acceptors (Lipinski definition) is 2. The molecule has 1 aromatic heterocycles. The summed E-state index contributed by atoms with van der Waals surface area (Å²) in [6.45, 7) is 1.61. The first kappa shape index (κ1) is 7.02. The van der Waals surface area contributed by atoms with E-state index in [1.54, 1.807) is 13.1 Å². The molecule has 0 aliphatic carbocycles. The number of H-pyrrole nitrogens is 1.